The molecule has 5 heteroatoms. The Kier molecular flexibility index (Phi) is 6.33. The van der Waals surface area contributed by atoms with Gasteiger partial charge in [-0.1, -0.05) is 42.5 Å². The number of para-hydroxylation sites is 1. The summed E-state index contributed by atoms with van der Waals surface area (Å²) in [5, 5.41) is 0. The maximum atomic E-state index is 12.7. The molecule has 0 saturated carbocycles. The fourth-order valence-corrected chi connectivity index (χ4v) is 4.62. The number of primary amides is 1. The van der Waals surface area contributed by atoms with Gasteiger partial charge in [-0.2, -0.15) is 0 Å². The van der Waals surface area contributed by atoms with Crippen LogP contribution in [0.1, 0.15) is 24.0 Å². The molecule has 4 rings (SSSR count). The number of nitrogens with two attached hydrogens (primary N) is 1. The topological polar surface area (TPSA) is 68.4 Å². The molecule has 31 heavy (non-hydrogen) atoms. The van der Waals surface area contributed by atoms with Crippen LogP contribution in [0.4, 0.5) is 0 Å². The Morgan fingerprint density at radius 2 is 1.77 bits per heavy atom. The van der Waals surface area contributed by atoms with Crippen LogP contribution in [0.2, 0.25) is 0 Å². The van der Waals surface area contributed by atoms with Gasteiger partial charge >= 0.3 is 0 Å². The van der Waals surface area contributed by atoms with E-state index in [-0.39, 0.29) is 5.91 Å². The number of aromatic nitrogens is 1. The molecule has 160 valence electrons. The second-order valence-corrected chi connectivity index (χ2v) is 8.38. The summed E-state index contributed by atoms with van der Waals surface area (Å²) in [5.74, 6) is 0.667. The van der Waals surface area contributed by atoms with E-state index in [4.69, 9.17) is 10.5 Å². The summed E-state index contributed by atoms with van der Waals surface area (Å²) >= 11 is 0. The minimum Gasteiger partial charge on any atom is -0.496 e. The Bertz CT molecular complexity index is 1020. The Morgan fingerprint density at radius 3 is 2.48 bits per heavy atom. The van der Waals surface area contributed by atoms with Crippen molar-refractivity contribution in [2.75, 3.05) is 20.2 Å². The summed E-state index contributed by atoms with van der Waals surface area (Å²) in [7, 11) is 1.69. The van der Waals surface area contributed by atoms with Gasteiger partial charge in [0.25, 0.3) is 0 Å². The number of carbonyl (C=O) groups excluding carboxylic acids is 1. The number of nitrogens with zero attached hydrogens (tertiary/aromatic N) is 2. The van der Waals surface area contributed by atoms with Gasteiger partial charge in [0, 0.05) is 31.0 Å². The first-order valence-corrected chi connectivity index (χ1v) is 10.7. The summed E-state index contributed by atoms with van der Waals surface area (Å²) in [6.07, 6.45) is 6.01. The number of amides is 1. The van der Waals surface area contributed by atoms with Crippen molar-refractivity contribution in [3.05, 3.63) is 84.2 Å². The van der Waals surface area contributed by atoms with Crippen molar-refractivity contribution >= 4 is 5.91 Å². The number of benzene rings is 2. The van der Waals surface area contributed by atoms with E-state index in [0.717, 1.165) is 53.9 Å². The summed E-state index contributed by atoms with van der Waals surface area (Å²) in [6, 6.07) is 20.5. The van der Waals surface area contributed by atoms with Gasteiger partial charge in [0.1, 0.15) is 5.75 Å². The highest BCUT2D eigenvalue weighted by Gasteiger charge is 2.40. The fourth-order valence-electron chi connectivity index (χ4n) is 4.62. The third-order valence-corrected chi connectivity index (χ3v) is 6.28. The second kappa shape index (κ2) is 9.31. The highest BCUT2D eigenvalue weighted by molar-refractivity contribution is 5.81. The number of hydrogen-bond donors (Lipinski definition) is 1. The third kappa shape index (κ3) is 4.78. The number of hydrogen-bond acceptors (Lipinski definition) is 4. The van der Waals surface area contributed by atoms with Crippen LogP contribution in [0.25, 0.3) is 11.1 Å². The molecule has 1 aromatic heterocycles. The summed E-state index contributed by atoms with van der Waals surface area (Å²) in [5.41, 5.74) is 9.97. The zero-order chi connectivity index (χ0) is 21.7. The molecule has 1 fully saturated rings. The van der Waals surface area contributed by atoms with E-state index in [1.165, 1.54) is 0 Å². The van der Waals surface area contributed by atoms with Crippen LogP contribution in [0.15, 0.2) is 73.1 Å². The average Bonchev–Trinajstić information content (AvgIpc) is 2.81. The van der Waals surface area contributed by atoms with Crippen LogP contribution in [-0.2, 0) is 17.8 Å². The molecule has 1 amide bonds. The number of likely N-dealkylation sites (tertiary alicyclic amines) is 1. The zero-order valence-corrected chi connectivity index (χ0v) is 18.0. The van der Waals surface area contributed by atoms with Crippen LogP contribution in [0, 0.1) is 5.41 Å². The molecule has 2 aromatic carbocycles. The minimum atomic E-state index is -0.557. The number of piperidine rings is 1. The van der Waals surface area contributed by atoms with Crippen molar-refractivity contribution in [1.82, 2.24) is 9.88 Å². The highest BCUT2D eigenvalue weighted by atomic mass is 16.5. The molecule has 1 aliphatic heterocycles. The molecule has 5 nitrogen and oxygen atoms in total. The van der Waals surface area contributed by atoms with Crippen molar-refractivity contribution < 1.29 is 9.53 Å². The maximum Gasteiger partial charge on any atom is 0.225 e. The monoisotopic (exact) mass is 415 g/mol. The quantitative estimate of drug-likeness (QED) is 0.632. The predicted molar refractivity (Wildman–Crippen MR) is 123 cm³/mol. The number of ether oxygens (including phenoxy) is 1. The molecule has 2 N–H and O–H groups in total. The van der Waals surface area contributed by atoms with Crippen molar-refractivity contribution in [2.45, 2.75) is 25.8 Å². The summed E-state index contributed by atoms with van der Waals surface area (Å²) < 4.78 is 5.51. The van der Waals surface area contributed by atoms with E-state index in [1.807, 2.05) is 30.3 Å². The van der Waals surface area contributed by atoms with Gasteiger partial charge in [-0.25, -0.2) is 0 Å². The lowest BCUT2D eigenvalue weighted by Crippen LogP contribution is -2.51. The molecule has 1 aliphatic rings. The smallest absolute Gasteiger partial charge is 0.225 e. The zero-order valence-electron chi connectivity index (χ0n) is 18.0. The van der Waals surface area contributed by atoms with E-state index in [1.54, 1.807) is 19.5 Å². The van der Waals surface area contributed by atoms with E-state index in [0.29, 0.717) is 13.0 Å². The largest absolute Gasteiger partial charge is 0.496 e. The molecule has 2 heterocycles. The lowest BCUT2D eigenvalue weighted by molar-refractivity contribution is -0.131. The maximum absolute atomic E-state index is 12.7. The van der Waals surface area contributed by atoms with Gasteiger partial charge in [0.05, 0.1) is 12.5 Å². The Balaban J connectivity index is 1.51. The lowest BCUT2D eigenvalue weighted by Gasteiger charge is -2.41. The van der Waals surface area contributed by atoms with Gasteiger partial charge in [0.2, 0.25) is 5.91 Å². The molecule has 3 aromatic rings. The molecule has 0 aliphatic carbocycles. The molecule has 1 atom stereocenters. The van der Waals surface area contributed by atoms with E-state index >= 15 is 0 Å². The summed E-state index contributed by atoms with van der Waals surface area (Å²) in [6.45, 7) is 2.36. The van der Waals surface area contributed by atoms with E-state index in [2.05, 4.69) is 40.2 Å². The first kappa shape index (κ1) is 21.1. The van der Waals surface area contributed by atoms with Crippen LogP contribution in [0.5, 0.6) is 5.75 Å². The standard InChI is InChI=1S/C26H29N3O2/c1-31-24-6-3-2-5-23(24)18-29-16-4-13-26(19-29,25(27)30)17-20-7-9-21(10-8-20)22-11-14-28-15-12-22/h2-3,5-12,14-15H,4,13,16-19H2,1H3,(H2,27,30). The number of rotatable bonds is 7. The van der Waals surface area contributed by atoms with Crippen molar-refractivity contribution in [3.8, 4) is 16.9 Å². The van der Waals surface area contributed by atoms with Crippen molar-refractivity contribution in [2.24, 2.45) is 11.1 Å². The Hall–Kier alpha value is -3.18. The fraction of sp³-hybridized carbons (Fsp3) is 0.308. The van der Waals surface area contributed by atoms with Crippen molar-refractivity contribution in [3.63, 3.8) is 0 Å². The van der Waals surface area contributed by atoms with Gasteiger partial charge in [-0.3, -0.25) is 14.7 Å². The van der Waals surface area contributed by atoms with Crippen LogP contribution in [-0.4, -0.2) is 36.0 Å². The van der Waals surface area contributed by atoms with Crippen LogP contribution >= 0.6 is 0 Å². The molecule has 0 radical (unpaired) electrons. The third-order valence-electron chi connectivity index (χ3n) is 6.28. The second-order valence-electron chi connectivity index (χ2n) is 8.38. The SMILES string of the molecule is COc1ccccc1CN1CCCC(Cc2ccc(-c3ccncc3)cc2)(C(N)=O)C1. The predicted octanol–water partition coefficient (Wildman–Crippen LogP) is 4.07. The average molecular weight is 416 g/mol. The van der Waals surface area contributed by atoms with Gasteiger partial charge in [0.15, 0.2) is 0 Å². The number of pyridine rings is 1. The Morgan fingerprint density at radius 1 is 1.06 bits per heavy atom. The van der Waals surface area contributed by atoms with E-state index < -0.39 is 5.41 Å². The molecule has 0 bridgehead atoms. The first-order chi connectivity index (χ1) is 15.1. The number of carbonyl (C=O) groups is 1. The van der Waals surface area contributed by atoms with Crippen LogP contribution < -0.4 is 10.5 Å². The molecular weight excluding hydrogens is 386 g/mol. The normalized spacial score (nSPS) is 19.1. The lowest BCUT2D eigenvalue weighted by atomic mass is 9.74. The highest BCUT2D eigenvalue weighted by Crippen LogP contribution is 2.35. The van der Waals surface area contributed by atoms with E-state index in [9.17, 15) is 4.79 Å². The van der Waals surface area contributed by atoms with Crippen LogP contribution in [0.3, 0.4) is 0 Å². The molecule has 1 unspecified atom stereocenters. The van der Waals surface area contributed by atoms with Gasteiger partial charge in [-0.15, -0.1) is 0 Å². The van der Waals surface area contributed by atoms with Gasteiger partial charge < -0.3 is 10.5 Å². The molecule has 1 saturated heterocycles. The summed E-state index contributed by atoms with van der Waals surface area (Å²) in [4.78, 5) is 19.1. The number of methoxy groups -OCH3 is 1. The molecular formula is C26H29N3O2. The Labute approximate surface area is 183 Å². The first-order valence-electron chi connectivity index (χ1n) is 10.7. The minimum absolute atomic E-state index is 0.213. The van der Waals surface area contributed by atoms with Crippen molar-refractivity contribution in [1.29, 1.82) is 0 Å². The molecule has 0 spiro atoms. The van der Waals surface area contributed by atoms with Gasteiger partial charge in [-0.05, 0) is 60.7 Å².